The Balaban J connectivity index is 1.29. The lowest BCUT2D eigenvalue weighted by Crippen LogP contribution is -2.51. The Labute approximate surface area is 198 Å². The second-order valence-electron chi connectivity index (χ2n) is 8.86. The zero-order valence-corrected chi connectivity index (χ0v) is 18.9. The number of carbonyl (C=O) groups excluding carboxylic acids is 2. The number of hydrogen-bond acceptors (Lipinski definition) is 4. The van der Waals surface area contributed by atoms with E-state index in [1.54, 1.807) is 4.90 Å². The second-order valence-corrected chi connectivity index (χ2v) is 8.86. The van der Waals surface area contributed by atoms with Crippen LogP contribution in [0.25, 0.3) is 10.9 Å². The number of para-hydroxylation sites is 1. The van der Waals surface area contributed by atoms with Crippen LogP contribution in [0.1, 0.15) is 24.0 Å². The van der Waals surface area contributed by atoms with Crippen molar-refractivity contribution in [1.29, 1.82) is 0 Å². The second kappa shape index (κ2) is 10.5. The molecule has 0 saturated carbocycles. The molecule has 8 heteroatoms. The van der Waals surface area contributed by atoms with Gasteiger partial charge in [0, 0.05) is 42.5 Å². The highest BCUT2D eigenvalue weighted by molar-refractivity contribution is 5.87. The highest BCUT2D eigenvalue weighted by Gasteiger charge is 2.31. The molecule has 34 heavy (non-hydrogen) atoms. The van der Waals surface area contributed by atoms with E-state index in [1.165, 1.54) is 0 Å². The summed E-state index contributed by atoms with van der Waals surface area (Å²) in [6.07, 6.45) is 3.51. The summed E-state index contributed by atoms with van der Waals surface area (Å²) in [7, 11) is 0. The number of hydrogen-bond donors (Lipinski definition) is 4. The van der Waals surface area contributed by atoms with Gasteiger partial charge in [-0.2, -0.15) is 0 Å². The largest absolute Gasteiger partial charge is 0.480 e. The monoisotopic (exact) mass is 462 g/mol. The highest BCUT2D eigenvalue weighted by atomic mass is 16.4. The van der Waals surface area contributed by atoms with Gasteiger partial charge in [-0.1, -0.05) is 48.5 Å². The van der Waals surface area contributed by atoms with Gasteiger partial charge < -0.3 is 26.0 Å². The maximum absolute atomic E-state index is 12.9. The number of fused-ring (bicyclic) bond motifs is 1. The molecule has 1 aliphatic rings. The van der Waals surface area contributed by atoms with E-state index < -0.39 is 18.1 Å². The number of likely N-dealkylation sites (tertiary alicyclic amines) is 1. The van der Waals surface area contributed by atoms with Crippen LogP contribution < -0.4 is 11.1 Å². The standard InChI is InChI=1S/C26H30N4O4/c27-21(15-19-16-28-22-9-5-4-8-20(19)22)25(32)30-12-10-18(11-13-30)24(31)29-23(26(33)34)14-17-6-2-1-3-7-17/h1-9,16,18,21,23,28H,10-15,27H2,(H,29,31)(H,33,34)/t21-,23+/m0/s1. The maximum atomic E-state index is 12.9. The van der Waals surface area contributed by atoms with Crippen LogP contribution in [-0.4, -0.2) is 57.9 Å². The molecule has 2 aromatic carbocycles. The molecular formula is C26H30N4O4. The summed E-state index contributed by atoms with van der Waals surface area (Å²) in [6.45, 7) is 0.851. The van der Waals surface area contributed by atoms with Crippen LogP contribution in [-0.2, 0) is 27.2 Å². The minimum absolute atomic E-state index is 0.128. The Bertz CT molecular complexity index is 1150. The van der Waals surface area contributed by atoms with Crippen molar-refractivity contribution in [2.24, 2.45) is 11.7 Å². The zero-order chi connectivity index (χ0) is 24.1. The number of aromatic amines is 1. The van der Waals surface area contributed by atoms with Gasteiger partial charge in [0.05, 0.1) is 6.04 Å². The Hall–Kier alpha value is -3.65. The van der Waals surface area contributed by atoms with Gasteiger partial charge in [0.15, 0.2) is 0 Å². The van der Waals surface area contributed by atoms with Gasteiger partial charge in [0.2, 0.25) is 11.8 Å². The Kier molecular flexibility index (Phi) is 7.27. The zero-order valence-electron chi connectivity index (χ0n) is 18.9. The maximum Gasteiger partial charge on any atom is 0.326 e. The van der Waals surface area contributed by atoms with E-state index in [9.17, 15) is 19.5 Å². The SMILES string of the molecule is N[C@@H](Cc1c[nH]c2ccccc12)C(=O)N1CCC(C(=O)N[C@H](Cc2ccccc2)C(=O)O)CC1. The van der Waals surface area contributed by atoms with Gasteiger partial charge in [0.1, 0.15) is 6.04 Å². The summed E-state index contributed by atoms with van der Waals surface area (Å²) >= 11 is 0. The molecular weight excluding hydrogens is 432 g/mol. The molecule has 178 valence electrons. The van der Waals surface area contributed by atoms with Gasteiger partial charge in [-0.25, -0.2) is 4.79 Å². The number of rotatable bonds is 8. The summed E-state index contributed by atoms with van der Waals surface area (Å²) in [4.78, 5) is 42.2. The van der Waals surface area contributed by atoms with Crippen LogP contribution in [0.3, 0.4) is 0 Å². The molecule has 1 aliphatic heterocycles. The first-order valence-electron chi connectivity index (χ1n) is 11.6. The summed E-state index contributed by atoms with van der Waals surface area (Å²) in [5, 5.41) is 13.3. The van der Waals surface area contributed by atoms with E-state index in [2.05, 4.69) is 10.3 Å². The fourth-order valence-electron chi connectivity index (χ4n) is 4.56. The van der Waals surface area contributed by atoms with Gasteiger partial charge in [-0.15, -0.1) is 0 Å². The number of carboxylic acids is 1. The molecule has 1 saturated heterocycles. The van der Waals surface area contributed by atoms with Crippen LogP contribution in [0.4, 0.5) is 0 Å². The number of piperidine rings is 1. The molecule has 1 aromatic heterocycles. The lowest BCUT2D eigenvalue weighted by molar-refractivity contribution is -0.143. The molecule has 1 fully saturated rings. The molecule has 5 N–H and O–H groups in total. The number of aliphatic carboxylic acids is 1. The highest BCUT2D eigenvalue weighted by Crippen LogP contribution is 2.21. The molecule has 2 amide bonds. The Morgan fingerprint density at radius 1 is 1.03 bits per heavy atom. The topological polar surface area (TPSA) is 129 Å². The quantitative estimate of drug-likeness (QED) is 0.407. The normalized spacial score (nSPS) is 16.2. The number of amides is 2. The third-order valence-corrected chi connectivity index (χ3v) is 6.51. The van der Waals surface area contributed by atoms with Crippen LogP contribution in [0.5, 0.6) is 0 Å². The first kappa shape index (κ1) is 23.5. The summed E-state index contributed by atoms with van der Waals surface area (Å²) in [6, 6.07) is 15.5. The molecule has 0 aliphatic carbocycles. The van der Waals surface area contributed by atoms with Crippen LogP contribution in [0.2, 0.25) is 0 Å². The fraction of sp³-hybridized carbons (Fsp3) is 0.346. The van der Waals surface area contributed by atoms with E-state index in [1.807, 2.05) is 60.8 Å². The minimum Gasteiger partial charge on any atom is -0.480 e. The molecule has 2 heterocycles. The van der Waals surface area contributed by atoms with Gasteiger partial charge in [-0.3, -0.25) is 9.59 Å². The van der Waals surface area contributed by atoms with Crippen molar-refractivity contribution >= 4 is 28.7 Å². The molecule has 0 unspecified atom stereocenters. The lowest BCUT2D eigenvalue weighted by atomic mass is 9.94. The predicted molar refractivity (Wildman–Crippen MR) is 129 cm³/mol. The third kappa shape index (κ3) is 5.46. The number of carboxylic acid groups (broad SMARTS) is 1. The fourth-order valence-corrected chi connectivity index (χ4v) is 4.56. The third-order valence-electron chi connectivity index (χ3n) is 6.51. The Morgan fingerprint density at radius 2 is 1.71 bits per heavy atom. The summed E-state index contributed by atoms with van der Waals surface area (Å²) < 4.78 is 0. The van der Waals surface area contributed by atoms with Crippen LogP contribution in [0.15, 0.2) is 60.8 Å². The molecule has 0 radical (unpaired) electrons. The molecule has 4 rings (SSSR count). The molecule has 8 nitrogen and oxygen atoms in total. The van der Waals surface area contributed by atoms with E-state index in [0.717, 1.165) is 22.0 Å². The minimum atomic E-state index is -1.06. The van der Waals surface area contributed by atoms with Crippen molar-refractivity contribution in [3.63, 3.8) is 0 Å². The summed E-state index contributed by atoms with van der Waals surface area (Å²) in [5.74, 6) is -1.80. The number of nitrogens with one attached hydrogen (secondary N) is 2. The molecule has 0 spiro atoms. The predicted octanol–water partition coefficient (Wildman–Crippen LogP) is 2.09. The van der Waals surface area contributed by atoms with Gasteiger partial charge >= 0.3 is 5.97 Å². The van der Waals surface area contributed by atoms with Crippen molar-refractivity contribution in [3.05, 3.63) is 71.9 Å². The van der Waals surface area contributed by atoms with Crippen LogP contribution in [0, 0.1) is 5.92 Å². The van der Waals surface area contributed by atoms with Gasteiger partial charge in [0.25, 0.3) is 0 Å². The number of nitrogens with zero attached hydrogens (tertiary/aromatic N) is 1. The number of H-pyrrole nitrogens is 1. The average Bonchev–Trinajstić information content (AvgIpc) is 3.26. The average molecular weight is 463 g/mol. The number of carbonyl (C=O) groups is 3. The lowest BCUT2D eigenvalue weighted by Gasteiger charge is -2.33. The first-order valence-corrected chi connectivity index (χ1v) is 11.6. The number of nitrogens with two attached hydrogens (primary N) is 1. The van der Waals surface area contributed by atoms with Crippen molar-refractivity contribution < 1.29 is 19.5 Å². The molecule has 3 aromatic rings. The van der Waals surface area contributed by atoms with Crippen molar-refractivity contribution in [2.45, 2.75) is 37.8 Å². The number of aromatic nitrogens is 1. The molecule has 0 bridgehead atoms. The van der Waals surface area contributed by atoms with Crippen LogP contribution >= 0.6 is 0 Å². The molecule has 2 atom stereocenters. The first-order chi connectivity index (χ1) is 16.4. The van der Waals surface area contributed by atoms with Crippen molar-refractivity contribution in [2.75, 3.05) is 13.1 Å². The van der Waals surface area contributed by atoms with E-state index in [0.29, 0.717) is 32.4 Å². The van der Waals surface area contributed by atoms with Gasteiger partial charge in [-0.05, 0) is 36.5 Å². The summed E-state index contributed by atoms with van der Waals surface area (Å²) in [5.41, 5.74) is 9.11. The van der Waals surface area contributed by atoms with Crippen molar-refractivity contribution in [1.82, 2.24) is 15.2 Å². The van der Waals surface area contributed by atoms with Crippen molar-refractivity contribution in [3.8, 4) is 0 Å². The van der Waals surface area contributed by atoms with E-state index in [4.69, 9.17) is 5.73 Å². The smallest absolute Gasteiger partial charge is 0.326 e. The van der Waals surface area contributed by atoms with E-state index >= 15 is 0 Å². The van der Waals surface area contributed by atoms with E-state index in [-0.39, 0.29) is 24.2 Å². The number of benzene rings is 2. The Morgan fingerprint density at radius 3 is 2.41 bits per heavy atom.